The molecule has 0 radical (unpaired) electrons. The van der Waals surface area contributed by atoms with Crippen molar-refractivity contribution in [2.24, 2.45) is 0 Å². The van der Waals surface area contributed by atoms with Gasteiger partial charge in [-0.15, -0.1) is 0 Å². The van der Waals surface area contributed by atoms with E-state index in [0.717, 1.165) is 16.9 Å². The van der Waals surface area contributed by atoms with Crippen LogP contribution >= 0.6 is 0 Å². The molecular formula is C25H28N2O4S. The Hall–Kier alpha value is -3.32. The molecule has 0 aliphatic carbocycles. The molecule has 2 N–H and O–H groups in total. The van der Waals surface area contributed by atoms with Gasteiger partial charge in [-0.3, -0.25) is 9.52 Å². The number of amides is 1. The standard InChI is InChI=1S/C25H28N2O4S/c1-17(2)31-23-12-9-20(10-13-23)16-26-25(28)21-11-8-19(4)24(15-21)32(29,30)27-22-7-5-6-18(3)14-22/h5-15,17,27H,16H2,1-4H3,(H,26,28). The molecule has 0 heterocycles. The van der Waals surface area contributed by atoms with Gasteiger partial charge in [-0.05, 0) is 80.8 Å². The Morgan fingerprint density at radius 2 is 1.69 bits per heavy atom. The molecule has 7 heteroatoms. The SMILES string of the molecule is Cc1cccc(NS(=O)(=O)c2cc(C(=O)NCc3ccc(OC(C)C)cc3)ccc2C)c1. The molecule has 6 nitrogen and oxygen atoms in total. The van der Waals surface area contributed by atoms with Crippen molar-refractivity contribution < 1.29 is 17.9 Å². The van der Waals surface area contributed by atoms with E-state index in [-0.39, 0.29) is 22.5 Å². The summed E-state index contributed by atoms with van der Waals surface area (Å²) in [7, 11) is -3.84. The molecule has 0 fully saturated rings. The zero-order valence-electron chi connectivity index (χ0n) is 18.7. The highest BCUT2D eigenvalue weighted by molar-refractivity contribution is 7.92. The topological polar surface area (TPSA) is 84.5 Å². The van der Waals surface area contributed by atoms with Crippen LogP contribution in [0.25, 0.3) is 0 Å². The minimum atomic E-state index is -3.84. The van der Waals surface area contributed by atoms with Gasteiger partial charge in [0.25, 0.3) is 15.9 Å². The van der Waals surface area contributed by atoms with Crippen molar-refractivity contribution in [3.05, 3.63) is 89.0 Å². The number of sulfonamides is 1. The fraction of sp³-hybridized carbons (Fsp3) is 0.240. The summed E-state index contributed by atoms with van der Waals surface area (Å²) in [6.45, 7) is 7.83. The molecule has 3 aromatic rings. The first-order valence-electron chi connectivity index (χ1n) is 10.4. The van der Waals surface area contributed by atoms with E-state index in [1.165, 1.54) is 6.07 Å². The predicted octanol–water partition coefficient (Wildman–Crippen LogP) is 4.82. The first-order valence-corrected chi connectivity index (χ1v) is 11.9. The number of nitrogens with one attached hydrogen (secondary N) is 2. The highest BCUT2D eigenvalue weighted by atomic mass is 32.2. The molecule has 168 valence electrons. The minimum absolute atomic E-state index is 0.0712. The molecule has 3 rings (SSSR count). The van der Waals surface area contributed by atoms with E-state index in [1.807, 2.05) is 51.1 Å². The monoisotopic (exact) mass is 452 g/mol. The van der Waals surface area contributed by atoms with Crippen LogP contribution in [0, 0.1) is 13.8 Å². The summed E-state index contributed by atoms with van der Waals surface area (Å²) in [5.74, 6) is 0.420. The van der Waals surface area contributed by atoms with E-state index in [4.69, 9.17) is 4.74 Å². The maximum absolute atomic E-state index is 12.9. The maximum atomic E-state index is 12.9. The smallest absolute Gasteiger partial charge is 0.262 e. The Balaban J connectivity index is 1.72. The van der Waals surface area contributed by atoms with Crippen LogP contribution in [-0.4, -0.2) is 20.4 Å². The summed E-state index contributed by atoms with van der Waals surface area (Å²) in [6, 6.07) is 19.3. The van der Waals surface area contributed by atoms with Gasteiger partial charge in [0, 0.05) is 17.8 Å². The largest absolute Gasteiger partial charge is 0.491 e. The van der Waals surface area contributed by atoms with E-state index in [0.29, 0.717) is 17.8 Å². The Bertz CT molecular complexity index is 1200. The molecule has 0 aliphatic rings. The summed E-state index contributed by atoms with van der Waals surface area (Å²) in [6.07, 6.45) is 0.0907. The summed E-state index contributed by atoms with van der Waals surface area (Å²) in [5, 5.41) is 2.84. The van der Waals surface area contributed by atoms with Crippen LogP contribution < -0.4 is 14.8 Å². The van der Waals surface area contributed by atoms with Crippen LogP contribution in [-0.2, 0) is 16.6 Å². The van der Waals surface area contributed by atoms with Crippen LogP contribution in [0.5, 0.6) is 5.75 Å². The van der Waals surface area contributed by atoms with Gasteiger partial charge in [0.2, 0.25) is 0 Å². The van der Waals surface area contributed by atoms with Gasteiger partial charge in [0.1, 0.15) is 5.75 Å². The van der Waals surface area contributed by atoms with E-state index in [2.05, 4.69) is 10.0 Å². The number of benzene rings is 3. The number of aryl methyl sites for hydroxylation is 2. The van der Waals surface area contributed by atoms with E-state index in [9.17, 15) is 13.2 Å². The highest BCUT2D eigenvalue weighted by Gasteiger charge is 2.19. The van der Waals surface area contributed by atoms with Gasteiger partial charge in [-0.1, -0.05) is 30.3 Å². The molecular weight excluding hydrogens is 424 g/mol. The van der Waals surface area contributed by atoms with Crippen molar-refractivity contribution in [3.8, 4) is 5.75 Å². The predicted molar refractivity (Wildman–Crippen MR) is 127 cm³/mol. The molecule has 32 heavy (non-hydrogen) atoms. The third-order valence-electron chi connectivity index (χ3n) is 4.76. The number of hydrogen-bond acceptors (Lipinski definition) is 4. The third kappa shape index (κ3) is 6.11. The molecule has 0 unspecified atom stereocenters. The van der Waals surface area contributed by atoms with E-state index >= 15 is 0 Å². The van der Waals surface area contributed by atoms with Crippen molar-refractivity contribution in [2.75, 3.05) is 4.72 Å². The molecule has 0 bridgehead atoms. The second kappa shape index (κ2) is 9.87. The lowest BCUT2D eigenvalue weighted by Gasteiger charge is -2.13. The lowest BCUT2D eigenvalue weighted by molar-refractivity contribution is 0.0950. The molecule has 0 saturated carbocycles. The van der Waals surface area contributed by atoms with Gasteiger partial charge in [-0.25, -0.2) is 8.42 Å². The van der Waals surface area contributed by atoms with Gasteiger partial charge < -0.3 is 10.1 Å². The Kier molecular flexibility index (Phi) is 7.20. The van der Waals surface area contributed by atoms with Crippen molar-refractivity contribution in [1.82, 2.24) is 5.32 Å². The van der Waals surface area contributed by atoms with E-state index < -0.39 is 10.0 Å². The van der Waals surface area contributed by atoms with Gasteiger partial charge in [0.05, 0.1) is 11.0 Å². The van der Waals surface area contributed by atoms with Crippen LogP contribution in [0.15, 0.2) is 71.6 Å². The summed E-state index contributed by atoms with van der Waals surface area (Å²) >= 11 is 0. The van der Waals surface area contributed by atoms with Crippen molar-refractivity contribution >= 4 is 21.6 Å². The fourth-order valence-electron chi connectivity index (χ4n) is 3.19. The highest BCUT2D eigenvalue weighted by Crippen LogP contribution is 2.22. The summed E-state index contributed by atoms with van der Waals surface area (Å²) in [5.41, 5.74) is 3.17. The maximum Gasteiger partial charge on any atom is 0.262 e. The number of rotatable bonds is 8. The zero-order chi connectivity index (χ0) is 23.3. The number of carbonyl (C=O) groups is 1. The average molecular weight is 453 g/mol. The second-order valence-corrected chi connectivity index (χ2v) is 9.60. The first kappa shape index (κ1) is 23.3. The second-order valence-electron chi connectivity index (χ2n) is 7.95. The van der Waals surface area contributed by atoms with Crippen LogP contribution in [0.1, 0.15) is 40.9 Å². The lowest BCUT2D eigenvalue weighted by atomic mass is 10.1. The van der Waals surface area contributed by atoms with Crippen LogP contribution in [0.2, 0.25) is 0 Å². The molecule has 0 aliphatic heterocycles. The van der Waals surface area contributed by atoms with Crippen molar-refractivity contribution in [3.63, 3.8) is 0 Å². The quantitative estimate of drug-likeness (QED) is 0.513. The molecule has 0 atom stereocenters. The molecule has 0 spiro atoms. The molecule has 0 saturated heterocycles. The van der Waals surface area contributed by atoms with Crippen LogP contribution in [0.3, 0.4) is 0 Å². The molecule has 1 amide bonds. The van der Waals surface area contributed by atoms with Gasteiger partial charge in [0.15, 0.2) is 0 Å². The van der Waals surface area contributed by atoms with Crippen molar-refractivity contribution in [1.29, 1.82) is 0 Å². The minimum Gasteiger partial charge on any atom is -0.491 e. The number of anilines is 1. The Morgan fingerprint density at radius 1 is 0.969 bits per heavy atom. The Morgan fingerprint density at radius 3 is 2.34 bits per heavy atom. The molecule has 0 aromatic heterocycles. The summed E-state index contributed by atoms with van der Waals surface area (Å²) < 4.78 is 34.1. The number of hydrogen-bond donors (Lipinski definition) is 2. The lowest BCUT2D eigenvalue weighted by Crippen LogP contribution is -2.23. The summed E-state index contributed by atoms with van der Waals surface area (Å²) in [4.78, 5) is 12.7. The molecule has 3 aromatic carbocycles. The fourth-order valence-corrected chi connectivity index (χ4v) is 4.51. The first-order chi connectivity index (χ1) is 15.1. The average Bonchev–Trinajstić information content (AvgIpc) is 2.72. The van der Waals surface area contributed by atoms with Crippen LogP contribution in [0.4, 0.5) is 5.69 Å². The Labute approximate surface area is 189 Å². The van der Waals surface area contributed by atoms with Gasteiger partial charge >= 0.3 is 0 Å². The van der Waals surface area contributed by atoms with Gasteiger partial charge in [-0.2, -0.15) is 0 Å². The third-order valence-corrected chi connectivity index (χ3v) is 6.28. The van der Waals surface area contributed by atoms with E-state index in [1.54, 1.807) is 37.3 Å². The number of carbonyl (C=O) groups excluding carboxylic acids is 1. The number of ether oxygens (including phenoxy) is 1. The van der Waals surface area contributed by atoms with Crippen molar-refractivity contribution in [2.45, 2.75) is 45.2 Å². The normalized spacial score (nSPS) is 11.3. The zero-order valence-corrected chi connectivity index (χ0v) is 19.5.